The van der Waals surface area contributed by atoms with Crippen molar-refractivity contribution in [1.82, 2.24) is 15.1 Å². The van der Waals surface area contributed by atoms with Crippen LogP contribution < -0.4 is 10.9 Å². The van der Waals surface area contributed by atoms with E-state index in [1.54, 1.807) is 25.1 Å². The smallest absolute Gasteiger partial charge is 0.269 e. The zero-order valence-electron chi connectivity index (χ0n) is 12.6. The highest BCUT2D eigenvalue weighted by Gasteiger charge is 2.07. The first kappa shape index (κ1) is 16.3. The first-order valence-corrected chi connectivity index (χ1v) is 7.00. The van der Waals surface area contributed by atoms with E-state index >= 15 is 0 Å². The Bertz CT molecular complexity index is 768. The van der Waals surface area contributed by atoms with Crippen molar-refractivity contribution in [2.24, 2.45) is 0 Å². The van der Waals surface area contributed by atoms with Crippen molar-refractivity contribution in [2.45, 2.75) is 19.9 Å². The van der Waals surface area contributed by atoms with Crippen molar-refractivity contribution in [3.63, 3.8) is 0 Å². The number of hydrogen-bond donors (Lipinski definition) is 1. The molecule has 0 bridgehead atoms. The SMILES string of the molecule is Cc1ccc(=O)n(CCNC(=O)Cc2ccc([N+](=O)[O-])cc2)n1. The van der Waals surface area contributed by atoms with Gasteiger partial charge in [-0.05, 0) is 18.6 Å². The van der Waals surface area contributed by atoms with Gasteiger partial charge in [-0.25, -0.2) is 4.68 Å². The summed E-state index contributed by atoms with van der Waals surface area (Å²) < 4.78 is 1.29. The Balaban J connectivity index is 1.84. The number of nitro groups is 1. The lowest BCUT2D eigenvalue weighted by molar-refractivity contribution is -0.384. The number of rotatable bonds is 6. The van der Waals surface area contributed by atoms with Gasteiger partial charge in [0.25, 0.3) is 11.2 Å². The van der Waals surface area contributed by atoms with Gasteiger partial charge in [-0.15, -0.1) is 0 Å². The largest absolute Gasteiger partial charge is 0.354 e. The predicted octanol–water partition coefficient (Wildman–Crippen LogP) is 0.819. The minimum absolute atomic E-state index is 0.0148. The molecule has 120 valence electrons. The number of amides is 1. The molecule has 2 aromatic rings. The number of carbonyl (C=O) groups excluding carboxylic acids is 1. The maximum Gasteiger partial charge on any atom is 0.269 e. The number of aryl methyl sites for hydroxylation is 1. The molecule has 1 heterocycles. The van der Waals surface area contributed by atoms with Crippen molar-refractivity contribution >= 4 is 11.6 Å². The summed E-state index contributed by atoms with van der Waals surface area (Å²) in [4.78, 5) is 33.4. The van der Waals surface area contributed by atoms with Gasteiger partial charge < -0.3 is 5.32 Å². The van der Waals surface area contributed by atoms with Gasteiger partial charge in [0.1, 0.15) is 0 Å². The zero-order chi connectivity index (χ0) is 16.8. The fraction of sp³-hybridized carbons (Fsp3) is 0.267. The molecular formula is C15H16N4O4. The molecule has 8 nitrogen and oxygen atoms in total. The number of benzene rings is 1. The third-order valence-corrected chi connectivity index (χ3v) is 3.16. The molecule has 0 unspecified atom stereocenters. The molecule has 0 aliphatic heterocycles. The van der Waals surface area contributed by atoms with E-state index in [2.05, 4.69) is 10.4 Å². The number of aromatic nitrogens is 2. The van der Waals surface area contributed by atoms with Crippen LogP contribution in [-0.2, 0) is 17.8 Å². The lowest BCUT2D eigenvalue weighted by Crippen LogP contribution is -2.32. The Kier molecular flexibility index (Phi) is 5.19. The van der Waals surface area contributed by atoms with E-state index in [1.165, 1.54) is 22.9 Å². The number of hydrogen-bond acceptors (Lipinski definition) is 5. The minimum Gasteiger partial charge on any atom is -0.354 e. The van der Waals surface area contributed by atoms with Crippen LogP contribution in [0.3, 0.4) is 0 Å². The topological polar surface area (TPSA) is 107 Å². The van der Waals surface area contributed by atoms with Gasteiger partial charge in [0, 0.05) is 24.7 Å². The van der Waals surface area contributed by atoms with Crippen molar-refractivity contribution < 1.29 is 9.72 Å². The molecule has 0 radical (unpaired) electrons. The van der Waals surface area contributed by atoms with Crippen LogP contribution in [0.15, 0.2) is 41.2 Å². The summed E-state index contributed by atoms with van der Waals surface area (Å²) in [6.07, 6.45) is 0.119. The van der Waals surface area contributed by atoms with E-state index in [9.17, 15) is 19.7 Å². The van der Waals surface area contributed by atoms with Gasteiger partial charge >= 0.3 is 0 Å². The van der Waals surface area contributed by atoms with Crippen LogP contribution in [0.1, 0.15) is 11.3 Å². The number of nitrogens with one attached hydrogen (secondary N) is 1. The molecule has 23 heavy (non-hydrogen) atoms. The molecule has 2 rings (SSSR count). The van der Waals surface area contributed by atoms with Crippen LogP contribution in [-0.4, -0.2) is 27.2 Å². The molecule has 0 spiro atoms. The quantitative estimate of drug-likeness (QED) is 0.627. The average molecular weight is 316 g/mol. The Morgan fingerprint density at radius 1 is 1.26 bits per heavy atom. The monoisotopic (exact) mass is 316 g/mol. The summed E-state index contributed by atoms with van der Waals surface area (Å²) in [5.74, 6) is -0.223. The molecule has 0 fully saturated rings. The van der Waals surface area contributed by atoms with Crippen LogP contribution in [0.25, 0.3) is 0 Å². The van der Waals surface area contributed by atoms with E-state index in [1.807, 2.05) is 0 Å². The van der Waals surface area contributed by atoms with E-state index in [-0.39, 0.29) is 36.7 Å². The first-order valence-electron chi connectivity index (χ1n) is 7.00. The molecule has 1 amide bonds. The fourth-order valence-corrected chi connectivity index (χ4v) is 2.00. The standard InChI is InChI=1S/C15H16N4O4/c1-11-2-7-15(21)18(17-11)9-8-16-14(20)10-12-3-5-13(6-4-12)19(22)23/h2-7H,8-10H2,1H3,(H,16,20). The number of non-ortho nitro benzene ring substituents is 1. The molecule has 0 aliphatic rings. The highest BCUT2D eigenvalue weighted by Crippen LogP contribution is 2.12. The van der Waals surface area contributed by atoms with Crippen molar-refractivity contribution in [3.05, 3.63) is 68.1 Å². The maximum atomic E-state index is 11.8. The first-order chi connectivity index (χ1) is 11.0. The van der Waals surface area contributed by atoms with Crippen molar-refractivity contribution in [1.29, 1.82) is 0 Å². The number of nitro benzene ring substituents is 1. The molecule has 1 N–H and O–H groups in total. The van der Waals surface area contributed by atoms with Crippen LogP contribution in [0.2, 0.25) is 0 Å². The molecule has 1 aromatic carbocycles. The second-order valence-electron chi connectivity index (χ2n) is 4.99. The van der Waals surface area contributed by atoms with E-state index in [4.69, 9.17) is 0 Å². The van der Waals surface area contributed by atoms with Gasteiger partial charge in [0.15, 0.2) is 0 Å². The maximum absolute atomic E-state index is 11.8. The molecule has 0 saturated carbocycles. The average Bonchev–Trinajstić information content (AvgIpc) is 2.51. The summed E-state index contributed by atoms with van der Waals surface area (Å²) in [5, 5.41) is 17.3. The predicted molar refractivity (Wildman–Crippen MR) is 83.0 cm³/mol. The zero-order valence-corrected chi connectivity index (χ0v) is 12.6. The summed E-state index contributed by atoms with van der Waals surface area (Å²) in [6.45, 7) is 2.35. The summed E-state index contributed by atoms with van der Waals surface area (Å²) >= 11 is 0. The lowest BCUT2D eigenvalue weighted by Gasteiger charge is -2.07. The summed E-state index contributed by atoms with van der Waals surface area (Å²) in [6, 6.07) is 8.87. The van der Waals surface area contributed by atoms with Gasteiger partial charge in [-0.1, -0.05) is 12.1 Å². The van der Waals surface area contributed by atoms with E-state index in [0.29, 0.717) is 5.56 Å². The Hall–Kier alpha value is -3.03. The second kappa shape index (κ2) is 7.30. The fourth-order valence-electron chi connectivity index (χ4n) is 2.00. The molecule has 0 atom stereocenters. The molecule has 0 aliphatic carbocycles. The highest BCUT2D eigenvalue weighted by atomic mass is 16.6. The van der Waals surface area contributed by atoms with Gasteiger partial charge in [-0.2, -0.15) is 5.10 Å². The molecule has 0 saturated heterocycles. The molecule has 1 aromatic heterocycles. The summed E-state index contributed by atoms with van der Waals surface area (Å²) in [5.41, 5.74) is 1.17. The third-order valence-electron chi connectivity index (χ3n) is 3.16. The van der Waals surface area contributed by atoms with Gasteiger partial charge in [0.2, 0.25) is 5.91 Å². The molecule has 8 heteroatoms. The third kappa shape index (κ3) is 4.73. The van der Waals surface area contributed by atoms with Crippen LogP contribution >= 0.6 is 0 Å². The molecular weight excluding hydrogens is 300 g/mol. The van der Waals surface area contributed by atoms with Crippen molar-refractivity contribution in [3.8, 4) is 0 Å². The van der Waals surface area contributed by atoms with E-state index < -0.39 is 4.92 Å². The Morgan fingerprint density at radius 3 is 2.61 bits per heavy atom. The van der Waals surface area contributed by atoms with Gasteiger partial charge in [0.05, 0.1) is 23.6 Å². The van der Waals surface area contributed by atoms with E-state index in [0.717, 1.165) is 5.69 Å². The second-order valence-corrected chi connectivity index (χ2v) is 4.99. The van der Waals surface area contributed by atoms with Crippen LogP contribution in [0.4, 0.5) is 5.69 Å². The summed E-state index contributed by atoms with van der Waals surface area (Å²) in [7, 11) is 0. The van der Waals surface area contributed by atoms with Gasteiger partial charge in [-0.3, -0.25) is 19.7 Å². The van der Waals surface area contributed by atoms with Crippen molar-refractivity contribution in [2.75, 3.05) is 6.54 Å². The number of nitrogens with zero attached hydrogens (tertiary/aromatic N) is 3. The number of carbonyl (C=O) groups is 1. The highest BCUT2D eigenvalue weighted by molar-refractivity contribution is 5.78. The van der Waals surface area contributed by atoms with Crippen LogP contribution in [0.5, 0.6) is 0 Å². The lowest BCUT2D eigenvalue weighted by atomic mass is 10.1. The Labute approximate surface area is 131 Å². The van der Waals surface area contributed by atoms with Crippen LogP contribution in [0, 0.1) is 17.0 Å². The Morgan fingerprint density at radius 2 is 1.96 bits per heavy atom. The minimum atomic E-state index is -0.490. The normalized spacial score (nSPS) is 10.3.